The van der Waals surface area contributed by atoms with Crippen LogP contribution in [0.15, 0.2) is 0 Å². The molecule has 1 amide bonds. The number of nitrogens with zero attached hydrogens (tertiary/aromatic N) is 6. The molecule has 2 aromatic rings. The molecule has 1 aliphatic heterocycles. The fraction of sp³-hybridized carbons (Fsp3) is 0.688. The average Bonchev–Trinajstić information content (AvgIpc) is 3.14. The van der Waals surface area contributed by atoms with E-state index in [1.165, 1.54) is 4.90 Å². The Hall–Kier alpha value is -2.46. The summed E-state index contributed by atoms with van der Waals surface area (Å²) in [5.41, 5.74) is 0. The van der Waals surface area contributed by atoms with Crippen LogP contribution >= 0.6 is 0 Å². The average molecular weight is 383 g/mol. The quantitative estimate of drug-likeness (QED) is 0.876. The molecule has 3 heterocycles. The Morgan fingerprint density at radius 1 is 1.26 bits per heavy atom. The van der Waals surface area contributed by atoms with Crippen LogP contribution in [0.4, 0.5) is 13.2 Å². The van der Waals surface area contributed by atoms with Crippen molar-refractivity contribution in [1.82, 2.24) is 34.8 Å². The van der Waals surface area contributed by atoms with Crippen LogP contribution in [0.1, 0.15) is 73.2 Å². The van der Waals surface area contributed by atoms with E-state index >= 15 is 0 Å². The Morgan fingerprint density at radius 2 is 2.00 bits per heavy atom. The Labute approximate surface area is 153 Å². The first-order valence-corrected chi connectivity index (χ1v) is 8.99. The molecule has 0 bridgehead atoms. The maximum atomic E-state index is 12.9. The Kier molecular flexibility index (Phi) is 4.19. The number of alkyl halides is 3. The summed E-state index contributed by atoms with van der Waals surface area (Å²) < 4.78 is 40.1. The van der Waals surface area contributed by atoms with Gasteiger partial charge in [0.25, 0.3) is 5.91 Å². The van der Waals surface area contributed by atoms with E-state index in [1.807, 2.05) is 18.5 Å². The number of hydrogen-bond donors (Lipinski definition) is 1. The summed E-state index contributed by atoms with van der Waals surface area (Å²) in [5.74, 6) is -0.254. The third-order valence-corrected chi connectivity index (χ3v) is 4.79. The van der Waals surface area contributed by atoms with Crippen molar-refractivity contribution in [3.8, 4) is 0 Å². The minimum absolute atomic E-state index is 0.260. The lowest BCUT2D eigenvalue weighted by Crippen LogP contribution is -2.43. The van der Waals surface area contributed by atoms with Gasteiger partial charge in [-0.2, -0.15) is 23.3 Å². The van der Waals surface area contributed by atoms with Gasteiger partial charge in [-0.05, 0) is 25.2 Å². The van der Waals surface area contributed by atoms with Gasteiger partial charge in [0.05, 0.1) is 12.6 Å². The predicted octanol–water partition coefficient (Wildman–Crippen LogP) is 2.54. The van der Waals surface area contributed by atoms with Crippen molar-refractivity contribution in [2.24, 2.45) is 5.92 Å². The minimum atomic E-state index is -4.68. The molecule has 1 atom stereocenters. The number of amides is 1. The summed E-state index contributed by atoms with van der Waals surface area (Å²) in [7, 11) is 0. The summed E-state index contributed by atoms with van der Waals surface area (Å²) in [6.45, 7) is 4.82. The first kappa shape index (κ1) is 17.9. The van der Waals surface area contributed by atoms with Gasteiger partial charge in [0.2, 0.25) is 11.6 Å². The lowest BCUT2D eigenvalue weighted by molar-refractivity contribution is -0.144. The lowest BCUT2D eigenvalue weighted by Gasteiger charge is -2.35. The van der Waals surface area contributed by atoms with Crippen LogP contribution in [0.5, 0.6) is 0 Å². The number of hydrogen-bond acceptors (Lipinski definition) is 5. The molecular weight excluding hydrogens is 363 g/mol. The largest absolute Gasteiger partial charge is 0.451 e. The van der Waals surface area contributed by atoms with Crippen LogP contribution in [-0.2, 0) is 12.7 Å². The zero-order valence-electron chi connectivity index (χ0n) is 15.0. The summed E-state index contributed by atoms with van der Waals surface area (Å²) in [5, 5.41) is 9.84. The van der Waals surface area contributed by atoms with Crippen molar-refractivity contribution in [2.45, 2.75) is 57.8 Å². The van der Waals surface area contributed by atoms with Gasteiger partial charge in [-0.1, -0.05) is 13.8 Å². The van der Waals surface area contributed by atoms with Gasteiger partial charge in [0.1, 0.15) is 5.82 Å². The van der Waals surface area contributed by atoms with Crippen LogP contribution in [0, 0.1) is 5.92 Å². The SMILES string of the molecule is CC(C)C[C@H]1c2nc(C3CC3)nn2CCN1C(=O)c1n[nH]c(C(F)(F)F)n1. The van der Waals surface area contributed by atoms with Crippen molar-refractivity contribution in [1.29, 1.82) is 0 Å². The number of halogens is 3. The molecule has 1 fully saturated rings. The number of aromatic amines is 1. The molecule has 0 radical (unpaired) electrons. The fourth-order valence-corrected chi connectivity index (χ4v) is 3.33. The second-order valence-corrected chi connectivity index (χ2v) is 7.47. The molecule has 27 heavy (non-hydrogen) atoms. The minimum Gasteiger partial charge on any atom is -0.324 e. The van der Waals surface area contributed by atoms with Crippen LogP contribution in [0.3, 0.4) is 0 Å². The third kappa shape index (κ3) is 3.42. The zero-order chi connectivity index (χ0) is 19.3. The Morgan fingerprint density at radius 3 is 2.59 bits per heavy atom. The third-order valence-electron chi connectivity index (χ3n) is 4.79. The van der Waals surface area contributed by atoms with Gasteiger partial charge in [0, 0.05) is 12.5 Å². The first-order chi connectivity index (χ1) is 12.7. The highest BCUT2D eigenvalue weighted by Gasteiger charge is 2.40. The normalized spacial score (nSPS) is 20.2. The fourth-order valence-electron chi connectivity index (χ4n) is 3.33. The van der Waals surface area contributed by atoms with Gasteiger partial charge < -0.3 is 4.90 Å². The Bertz CT molecular complexity index is 853. The molecule has 2 aliphatic rings. The smallest absolute Gasteiger partial charge is 0.324 e. The van der Waals surface area contributed by atoms with Gasteiger partial charge in [0.15, 0.2) is 5.82 Å². The molecule has 11 heteroatoms. The van der Waals surface area contributed by atoms with E-state index in [1.54, 1.807) is 5.10 Å². The molecule has 0 spiro atoms. The van der Waals surface area contributed by atoms with Gasteiger partial charge in [-0.25, -0.2) is 9.67 Å². The van der Waals surface area contributed by atoms with Gasteiger partial charge in [-0.3, -0.25) is 9.89 Å². The molecule has 1 N–H and O–H groups in total. The molecule has 0 unspecified atom stereocenters. The van der Waals surface area contributed by atoms with Crippen LogP contribution in [-0.4, -0.2) is 47.3 Å². The van der Waals surface area contributed by atoms with Crippen LogP contribution in [0.2, 0.25) is 0 Å². The van der Waals surface area contributed by atoms with Crippen LogP contribution in [0.25, 0.3) is 0 Å². The number of carbonyl (C=O) groups excluding carboxylic acids is 1. The van der Waals surface area contributed by atoms with Gasteiger partial charge >= 0.3 is 6.18 Å². The van der Waals surface area contributed by atoms with Crippen molar-refractivity contribution in [3.63, 3.8) is 0 Å². The second-order valence-electron chi connectivity index (χ2n) is 7.47. The molecule has 4 rings (SSSR count). The topological polar surface area (TPSA) is 92.6 Å². The van der Waals surface area contributed by atoms with E-state index in [0.29, 0.717) is 31.3 Å². The van der Waals surface area contributed by atoms with Crippen molar-refractivity contribution in [2.75, 3.05) is 6.54 Å². The van der Waals surface area contributed by atoms with E-state index in [9.17, 15) is 18.0 Å². The summed E-state index contributed by atoms with van der Waals surface area (Å²) in [6.07, 6.45) is -1.91. The number of fused-ring (bicyclic) bond motifs is 1. The first-order valence-electron chi connectivity index (χ1n) is 8.99. The molecular formula is C16H20F3N7O. The standard InChI is InChI=1S/C16H20F3N7O/c1-8(2)7-10-13-20-11(9-3-4-9)24-26(13)6-5-25(10)14(27)12-21-15(23-22-12)16(17,18)19/h8-10H,3-7H2,1-2H3,(H,21,22,23)/t10-/m0/s1. The van der Waals surface area contributed by atoms with E-state index in [-0.39, 0.29) is 12.0 Å². The number of nitrogens with one attached hydrogen (secondary N) is 1. The van der Waals surface area contributed by atoms with E-state index < -0.39 is 23.7 Å². The monoisotopic (exact) mass is 383 g/mol. The summed E-state index contributed by atoms with van der Waals surface area (Å²) in [4.78, 5) is 22.4. The highest BCUT2D eigenvalue weighted by Crippen LogP contribution is 2.40. The molecule has 0 aromatic carbocycles. The van der Waals surface area contributed by atoms with E-state index in [2.05, 4.69) is 20.2 Å². The molecule has 0 saturated heterocycles. The van der Waals surface area contributed by atoms with Gasteiger partial charge in [-0.15, -0.1) is 5.10 Å². The summed E-state index contributed by atoms with van der Waals surface area (Å²) in [6, 6.07) is -0.362. The van der Waals surface area contributed by atoms with Crippen LogP contribution < -0.4 is 0 Å². The summed E-state index contributed by atoms with van der Waals surface area (Å²) >= 11 is 0. The molecule has 1 aliphatic carbocycles. The molecule has 8 nitrogen and oxygen atoms in total. The molecule has 2 aromatic heterocycles. The zero-order valence-corrected chi connectivity index (χ0v) is 15.0. The highest BCUT2D eigenvalue weighted by molar-refractivity contribution is 5.90. The number of carbonyl (C=O) groups is 1. The van der Waals surface area contributed by atoms with Crippen molar-refractivity contribution in [3.05, 3.63) is 23.3 Å². The highest BCUT2D eigenvalue weighted by atomic mass is 19.4. The lowest BCUT2D eigenvalue weighted by atomic mass is 10.00. The second kappa shape index (κ2) is 6.31. The maximum Gasteiger partial charge on any atom is 0.451 e. The maximum absolute atomic E-state index is 12.9. The van der Waals surface area contributed by atoms with E-state index in [0.717, 1.165) is 18.7 Å². The Balaban J connectivity index is 1.64. The van der Waals surface area contributed by atoms with Crippen molar-refractivity contribution >= 4 is 5.91 Å². The predicted molar refractivity (Wildman–Crippen MR) is 86.6 cm³/mol. The number of aromatic nitrogens is 6. The van der Waals surface area contributed by atoms with Crippen molar-refractivity contribution < 1.29 is 18.0 Å². The molecule has 146 valence electrons. The number of rotatable bonds is 4. The molecule has 1 saturated carbocycles. The van der Waals surface area contributed by atoms with E-state index in [4.69, 9.17) is 0 Å². The number of H-pyrrole nitrogens is 1.